The van der Waals surface area contributed by atoms with Gasteiger partial charge in [0.25, 0.3) is 0 Å². The summed E-state index contributed by atoms with van der Waals surface area (Å²) < 4.78 is 0. The first kappa shape index (κ1) is 12.5. The molecule has 0 heterocycles. The lowest BCUT2D eigenvalue weighted by Crippen LogP contribution is -2.37. The van der Waals surface area contributed by atoms with Crippen molar-refractivity contribution in [3.63, 3.8) is 0 Å². The van der Waals surface area contributed by atoms with Gasteiger partial charge in [-0.25, -0.2) is 0 Å². The zero-order chi connectivity index (χ0) is 13.0. The van der Waals surface area contributed by atoms with Gasteiger partial charge >= 0.3 is 0 Å². The average molecular weight is 241 g/mol. The second kappa shape index (κ2) is 5.56. The molecule has 2 rings (SSSR count). The summed E-state index contributed by atoms with van der Waals surface area (Å²) in [6.45, 7) is 4.12. The largest absolute Gasteiger partial charge is 0.353 e. The topological polar surface area (TPSA) is 50.1 Å². The molecule has 0 spiro atoms. The minimum absolute atomic E-state index is 0.313. The van der Waals surface area contributed by atoms with Crippen molar-refractivity contribution in [1.82, 2.24) is 0 Å². The highest BCUT2D eigenvalue weighted by Gasteiger charge is 2.04. The van der Waals surface area contributed by atoms with Gasteiger partial charge in [0.15, 0.2) is 0 Å². The highest BCUT2D eigenvalue weighted by atomic mass is 15.2. The third-order valence-corrected chi connectivity index (χ3v) is 2.91. The van der Waals surface area contributed by atoms with Crippen molar-refractivity contribution >= 4 is 11.4 Å². The molecule has 0 aliphatic rings. The normalized spacial score (nSPS) is 10.4. The molecular weight excluding hydrogens is 222 g/mol. The van der Waals surface area contributed by atoms with Gasteiger partial charge in [0.2, 0.25) is 0 Å². The number of nitrogens with two attached hydrogens (primary N) is 1. The predicted molar refractivity (Wildman–Crippen MR) is 77.6 cm³/mol. The smallest absolute Gasteiger partial charge is 0.150 e. The second-order valence-electron chi connectivity index (χ2n) is 4.40. The Balaban J connectivity index is 2.04. The second-order valence-corrected chi connectivity index (χ2v) is 4.40. The van der Waals surface area contributed by atoms with Crippen LogP contribution in [-0.4, -0.2) is 6.29 Å². The van der Waals surface area contributed by atoms with Crippen LogP contribution in [0.1, 0.15) is 11.1 Å². The van der Waals surface area contributed by atoms with Crippen LogP contribution >= 0.6 is 0 Å². The number of benzene rings is 2. The summed E-state index contributed by atoms with van der Waals surface area (Å²) in [5.74, 6) is 0. The molecule has 0 fully saturated rings. The van der Waals surface area contributed by atoms with Crippen molar-refractivity contribution < 1.29 is 0 Å². The summed E-state index contributed by atoms with van der Waals surface area (Å²) in [7, 11) is 0. The quantitative estimate of drug-likeness (QED) is 0.721. The van der Waals surface area contributed by atoms with Crippen LogP contribution in [-0.2, 0) is 0 Å². The highest BCUT2D eigenvalue weighted by molar-refractivity contribution is 5.55. The molecule has 0 radical (unpaired) electrons. The Morgan fingerprint density at radius 1 is 0.778 bits per heavy atom. The van der Waals surface area contributed by atoms with Gasteiger partial charge in [-0.05, 0) is 37.1 Å². The highest BCUT2D eigenvalue weighted by Crippen LogP contribution is 2.16. The number of aryl methyl sites for hydroxylation is 2. The van der Waals surface area contributed by atoms with E-state index in [1.54, 1.807) is 0 Å². The van der Waals surface area contributed by atoms with Crippen LogP contribution in [0, 0.1) is 13.8 Å². The molecule has 0 unspecified atom stereocenters. The molecule has 0 aliphatic heterocycles. The Morgan fingerprint density at radius 3 is 1.56 bits per heavy atom. The lowest BCUT2D eigenvalue weighted by Gasteiger charge is -2.20. The molecule has 18 heavy (non-hydrogen) atoms. The van der Waals surface area contributed by atoms with E-state index in [1.807, 2.05) is 36.4 Å². The Bertz CT molecular complexity index is 475. The molecule has 2 aromatic carbocycles. The van der Waals surface area contributed by atoms with E-state index < -0.39 is 0 Å². The Morgan fingerprint density at radius 2 is 1.17 bits per heavy atom. The van der Waals surface area contributed by atoms with Gasteiger partial charge < -0.3 is 10.6 Å². The summed E-state index contributed by atoms with van der Waals surface area (Å²) in [5, 5.41) is 6.51. The van der Waals surface area contributed by atoms with E-state index >= 15 is 0 Å². The Labute approximate surface area is 108 Å². The first-order valence-corrected chi connectivity index (χ1v) is 6.07. The van der Waals surface area contributed by atoms with E-state index in [4.69, 9.17) is 5.73 Å². The molecule has 0 aromatic heterocycles. The minimum atomic E-state index is -0.313. The molecule has 3 nitrogen and oxygen atoms in total. The first-order valence-electron chi connectivity index (χ1n) is 6.07. The minimum Gasteiger partial charge on any atom is -0.353 e. The van der Waals surface area contributed by atoms with Crippen molar-refractivity contribution in [3.8, 4) is 0 Å². The first-order chi connectivity index (χ1) is 8.66. The SMILES string of the molecule is Cc1ccccc1NC(N)Nc1ccccc1C. The maximum atomic E-state index is 6.05. The summed E-state index contributed by atoms with van der Waals surface area (Å²) in [4.78, 5) is 0. The van der Waals surface area contributed by atoms with Gasteiger partial charge in [-0.2, -0.15) is 0 Å². The Kier molecular flexibility index (Phi) is 3.85. The number of rotatable bonds is 4. The van der Waals surface area contributed by atoms with Gasteiger partial charge in [-0.1, -0.05) is 36.4 Å². The van der Waals surface area contributed by atoms with Crippen molar-refractivity contribution in [3.05, 3.63) is 59.7 Å². The molecule has 0 saturated heterocycles. The molecule has 0 atom stereocenters. The number of anilines is 2. The zero-order valence-corrected chi connectivity index (χ0v) is 10.8. The molecule has 0 bridgehead atoms. The fourth-order valence-corrected chi connectivity index (χ4v) is 1.84. The number of hydrogen-bond acceptors (Lipinski definition) is 3. The van der Waals surface area contributed by atoms with E-state index in [0.717, 1.165) is 11.4 Å². The number of nitrogens with one attached hydrogen (secondary N) is 2. The van der Waals surface area contributed by atoms with Crippen LogP contribution in [0.5, 0.6) is 0 Å². The van der Waals surface area contributed by atoms with E-state index in [2.05, 4.69) is 36.6 Å². The summed E-state index contributed by atoms with van der Waals surface area (Å²) in [6, 6.07) is 16.2. The van der Waals surface area contributed by atoms with Crippen LogP contribution < -0.4 is 16.4 Å². The van der Waals surface area contributed by atoms with Crippen LogP contribution in [0.2, 0.25) is 0 Å². The zero-order valence-electron chi connectivity index (χ0n) is 10.8. The maximum Gasteiger partial charge on any atom is 0.150 e. The molecule has 2 aromatic rings. The van der Waals surface area contributed by atoms with Gasteiger partial charge in [0, 0.05) is 11.4 Å². The fourth-order valence-electron chi connectivity index (χ4n) is 1.84. The average Bonchev–Trinajstić information content (AvgIpc) is 2.35. The lowest BCUT2D eigenvalue weighted by molar-refractivity contribution is 0.865. The van der Waals surface area contributed by atoms with E-state index in [-0.39, 0.29) is 6.29 Å². The molecule has 0 amide bonds. The summed E-state index contributed by atoms with van der Waals surface area (Å²) in [6.07, 6.45) is -0.313. The van der Waals surface area contributed by atoms with Gasteiger partial charge in [0.05, 0.1) is 0 Å². The van der Waals surface area contributed by atoms with Crippen LogP contribution in [0.3, 0.4) is 0 Å². The number of hydrogen-bond donors (Lipinski definition) is 3. The molecular formula is C15H19N3. The predicted octanol–water partition coefficient (Wildman–Crippen LogP) is 3.07. The van der Waals surface area contributed by atoms with Gasteiger partial charge in [-0.15, -0.1) is 0 Å². The van der Waals surface area contributed by atoms with Crippen LogP contribution in [0.25, 0.3) is 0 Å². The molecule has 3 heteroatoms. The molecule has 94 valence electrons. The third-order valence-electron chi connectivity index (χ3n) is 2.91. The van der Waals surface area contributed by atoms with Crippen molar-refractivity contribution in [2.45, 2.75) is 20.1 Å². The van der Waals surface area contributed by atoms with E-state index in [1.165, 1.54) is 11.1 Å². The lowest BCUT2D eigenvalue weighted by atomic mass is 10.2. The van der Waals surface area contributed by atoms with E-state index in [0.29, 0.717) is 0 Å². The maximum absolute atomic E-state index is 6.05. The molecule has 4 N–H and O–H groups in total. The van der Waals surface area contributed by atoms with Crippen molar-refractivity contribution in [1.29, 1.82) is 0 Å². The van der Waals surface area contributed by atoms with Crippen LogP contribution in [0.4, 0.5) is 11.4 Å². The van der Waals surface area contributed by atoms with Gasteiger partial charge in [-0.3, -0.25) is 5.73 Å². The fraction of sp³-hybridized carbons (Fsp3) is 0.200. The third kappa shape index (κ3) is 3.02. The van der Waals surface area contributed by atoms with Crippen LogP contribution in [0.15, 0.2) is 48.5 Å². The van der Waals surface area contributed by atoms with E-state index in [9.17, 15) is 0 Å². The summed E-state index contributed by atoms with van der Waals surface area (Å²) >= 11 is 0. The monoisotopic (exact) mass is 241 g/mol. The number of para-hydroxylation sites is 2. The summed E-state index contributed by atoms with van der Waals surface area (Å²) in [5.41, 5.74) is 10.5. The van der Waals surface area contributed by atoms with Crippen molar-refractivity contribution in [2.75, 3.05) is 10.6 Å². The van der Waals surface area contributed by atoms with Gasteiger partial charge in [0.1, 0.15) is 6.29 Å². The standard InChI is InChI=1S/C15H19N3/c1-11-7-3-5-9-13(11)17-15(16)18-14-10-6-4-8-12(14)2/h3-10,15,17-18H,16H2,1-2H3. The molecule has 0 saturated carbocycles. The Hall–Kier alpha value is -2.00. The molecule has 0 aliphatic carbocycles. The van der Waals surface area contributed by atoms with Crippen molar-refractivity contribution in [2.24, 2.45) is 5.73 Å².